The lowest BCUT2D eigenvalue weighted by atomic mass is 9.98. The van der Waals surface area contributed by atoms with Crippen molar-refractivity contribution < 1.29 is 50.0 Å². The van der Waals surface area contributed by atoms with Gasteiger partial charge in [0.05, 0.1) is 25.4 Å². The number of nitrogens with one attached hydrogen (secondary N) is 1. The molecule has 0 saturated carbocycles. The molecule has 0 aliphatic carbocycles. The molecule has 470 valence electrons. The summed E-state index contributed by atoms with van der Waals surface area (Å²) in [7, 11) is 0. The van der Waals surface area contributed by atoms with Gasteiger partial charge in [0.2, 0.25) is 5.91 Å². The average molecular weight is 1130 g/mol. The standard InChI is InChI=1S/C69H129NO10/c1-3-5-7-9-11-13-15-17-19-21-23-25-26-27-28-29-30-31-32-33-34-35-37-38-40-42-44-46-48-50-52-54-56-61(72)64(74)60(59-79-69-67(77)66(76)65(75)63(58-71)80-69)70-68(78)62(73)57-55-53-51-49-47-45-43-41-39-36-24-22-20-18-16-14-12-10-8-6-4-2/h34-35,39-42,48,50,60-67,69,71-77H,3-33,36-38,43-47,49,51-59H2,1-2H3,(H,70,78)/b35-34+,41-39-,42-40+,50-48+. The van der Waals surface area contributed by atoms with E-state index in [2.05, 4.69) is 67.8 Å². The highest BCUT2D eigenvalue weighted by Crippen LogP contribution is 2.24. The lowest BCUT2D eigenvalue weighted by Gasteiger charge is -2.40. The minimum Gasteiger partial charge on any atom is -0.394 e. The molecule has 9 atom stereocenters. The summed E-state index contributed by atoms with van der Waals surface area (Å²) in [5.74, 6) is -0.715. The molecule has 1 aliphatic rings. The Hall–Kier alpha value is -1.93. The van der Waals surface area contributed by atoms with Gasteiger partial charge in [-0.3, -0.25) is 4.79 Å². The zero-order chi connectivity index (χ0) is 58.2. The van der Waals surface area contributed by atoms with Crippen molar-refractivity contribution in [2.45, 2.75) is 371 Å². The molecule has 11 nitrogen and oxygen atoms in total. The number of rotatable bonds is 59. The molecule has 1 aliphatic heterocycles. The maximum atomic E-state index is 13.2. The topological polar surface area (TPSA) is 189 Å². The second kappa shape index (κ2) is 57.5. The highest BCUT2D eigenvalue weighted by atomic mass is 16.7. The number of ether oxygens (including phenoxy) is 2. The van der Waals surface area contributed by atoms with Crippen LogP contribution in [0.25, 0.3) is 0 Å². The van der Waals surface area contributed by atoms with Gasteiger partial charge in [-0.1, -0.05) is 274 Å². The fourth-order valence-electron chi connectivity index (χ4n) is 10.8. The summed E-state index contributed by atoms with van der Waals surface area (Å²) in [6, 6.07) is -1.20. The molecule has 1 amide bonds. The van der Waals surface area contributed by atoms with Crippen LogP contribution in [-0.4, -0.2) is 110 Å². The van der Waals surface area contributed by atoms with Crippen molar-refractivity contribution >= 4 is 5.91 Å². The number of unbranched alkanes of at least 4 members (excludes halogenated alkanes) is 39. The lowest BCUT2D eigenvalue weighted by Crippen LogP contribution is -2.60. The van der Waals surface area contributed by atoms with E-state index in [9.17, 15) is 40.5 Å². The van der Waals surface area contributed by atoms with Gasteiger partial charge in [0.1, 0.15) is 36.6 Å². The Morgan fingerprint density at radius 2 is 0.750 bits per heavy atom. The van der Waals surface area contributed by atoms with Crippen molar-refractivity contribution in [2.75, 3.05) is 13.2 Å². The molecule has 1 heterocycles. The summed E-state index contributed by atoms with van der Waals surface area (Å²) in [5, 5.41) is 76.3. The van der Waals surface area contributed by atoms with E-state index in [-0.39, 0.29) is 12.8 Å². The van der Waals surface area contributed by atoms with E-state index in [1.165, 1.54) is 205 Å². The van der Waals surface area contributed by atoms with E-state index in [0.717, 1.165) is 64.2 Å². The van der Waals surface area contributed by atoms with E-state index in [1.807, 2.05) is 0 Å². The molecular weight excluding hydrogens is 1000 g/mol. The van der Waals surface area contributed by atoms with Crippen LogP contribution >= 0.6 is 0 Å². The van der Waals surface area contributed by atoms with E-state index in [0.29, 0.717) is 19.3 Å². The molecule has 1 fully saturated rings. The van der Waals surface area contributed by atoms with E-state index in [4.69, 9.17) is 9.47 Å². The summed E-state index contributed by atoms with van der Waals surface area (Å²) >= 11 is 0. The number of carbonyl (C=O) groups excluding carboxylic acids is 1. The summed E-state index contributed by atoms with van der Waals surface area (Å²) in [4.78, 5) is 13.2. The molecule has 0 aromatic carbocycles. The molecule has 80 heavy (non-hydrogen) atoms. The Bertz CT molecular complexity index is 1440. The zero-order valence-corrected chi connectivity index (χ0v) is 51.8. The van der Waals surface area contributed by atoms with Crippen molar-refractivity contribution in [3.8, 4) is 0 Å². The van der Waals surface area contributed by atoms with Crippen LogP contribution in [0.3, 0.4) is 0 Å². The van der Waals surface area contributed by atoms with Gasteiger partial charge in [-0.05, 0) is 89.9 Å². The maximum Gasteiger partial charge on any atom is 0.249 e. The second-order valence-corrected chi connectivity index (χ2v) is 23.9. The third kappa shape index (κ3) is 44.6. The van der Waals surface area contributed by atoms with Gasteiger partial charge >= 0.3 is 0 Å². The maximum absolute atomic E-state index is 13.2. The first-order valence-electron chi connectivity index (χ1n) is 34.0. The monoisotopic (exact) mass is 1130 g/mol. The highest BCUT2D eigenvalue weighted by Gasteiger charge is 2.44. The highest BCUT2D eigenvalue weighted by molar-refractivity contribution is 5.80. The Kier molecular flexibility index (Phi) is 54.7. The Morgan fingerprint density at radius 3 is 1.11 bits per heavy atom. The van der Waals surface area contributed by atoms with Crippen molar-refractivity contribution in [3.05, 3.63) is 48.6 Å². The third-order valence-corrected chi connectivity index (χ3v) is 16.3. The first-order chi connectivity index (χ1) is 39.2. The van der Waals surface area contributed by atoms with Gasteiger partial charge in [0.25, 0.3) is 0 Å². The van der Waals surface area contributed by atoms with E-state index >= 15 is 0 Å². The van der Waals surface area contributed by atoms with E-state index in [1.54, 1.807) is 0 Å². The van der Waals surface area contributed by atoms with Crippen LogP contribution in [-0.2, 0) is 14.3 Å². The molecule has 9 unspecified atom stereocenters. The van der Waals surface area contributed by atoms with Crippen LogP contribution in [0.15, 0.2) is 48.6 Å². The first-order valence-corrected chi connectivity index (χ1v) is 34.0. The Labute approximate surface area is 491 Å². The van der Waals surface area contributed by atoms with Crippen LogP contribution in [0.5, 0.6) is 0 Å². The number of aliphatic hydroxyl groups is 7. The number of carbonyl (C=O) groups is 1. The molecule has 0 spiro atoms. The zero-order valence-electron chi connectivity index (χ0n) is 51.8. The van der Waals surface area contributed by atoms with Crippen molar-refractivity contribution in [1.29, 1.82) is 0 Å². The second-order valence-electron chi connectivity index (χ2n) is 23.9. The van der Waals surface area contributed by atoms with Crippen molar-refractivity contribution in [3.63, 3.8) is 0 Å². The van der Waals surface area contributed by atoms with Gasteiger partial charge in [0, 0.05) is 0 Å². The molecule has 0 radical (unpaired) electrons. The van der Waals surface area contributed by atoms with Crippen LogP contribution in [0.4, 0.5) is 0 Å². The Balaban J connectivity index is 2.26. The number of amides is 1. The quantitative estimate of drug-likeness (QED) is 0.0215. The summed E-state index contributed by atoms with van der Waals surface area (Å²) in [6.07, 6.45) is 63.4. The minimum atomic E-state index is -1.68. The lowest BCUT2D eigenvalue weighted by molar-refractivity contribution is -0.303. The van der Waals surface area contributed by atoms with Gasteiger partial charge in [-0.25, -0.2) is 0 Å². The SMILES string of the molecule is CCCCCCCCCCCCC/C=C\CCCCCCCCC(O)C(=O)NC(COC1OC(CO)C(O)C(O)C1O)C(O)C(O)CCC/C=C/CC/C=C/CC/C=C/CCCCCCCCCCCCCCCCCCCCC. The Morgan fingerprint density at radius 1 is 0.425 bits per heavy atom. The number of allylic oxidation sites excluding steroid dienone is 8. The fraction of sp³-hybridized carbons (Fsp3) is 0.870. The van der Waals surface area contributed by atoms with E-state index < -0.39 is 74.2 Å². The first kappa shape index (κ1) is 76.1. The van der Waals surface area contributed by atoms with Crippen LogP contribution in [0.1, 0.15) is 316 Å². The summed E-state index contributed by atoms with van der Waals surface area (Å²) < 4.78 is 11.2. The number of aliphatic hydroxyl groups excluding tert-OH is 7. The number of hydrogen-bond acceptors (Lipinski definition) is 10. The average Bonchev–Trinajstić information content (AvgIpc) is 3.48. The molecule has 11 heteroatoms. The van der Waals surface area contributed by atoms with Crippen LogP contribution < -0.4 is 5.32 Å². The van der Waals surface area contributed by atoms with Gasteiger partial charge in [0.15, 0.2) is 6.29 Å². The van der Waals surface area contributed by atoms with Gasteiger partial charge in [-0.2, -0.15) is 0 Å². The predicted molar refractivity (Wildman–Crippen MR) is 335 cm³/mol. The van der Waals surface area contributed by atoms with Gasteiger partial charge in [-0.15, -0.1) is 0 Å². The molecule has 1 rings (SSSR count). The van der Waals surface area contributed by atoms with Crippen LogP contribution in [0, 0.1) is 0 Å². The predicted octanol–water partition coefficient (Wildman–Crippen LogP) is 16.0. The molecule has 0 aromatic rings. The van der Waals surface area contributed by atoms with Crippen molar-refractivity contribution in [2.24, 2.45) is 0 Å². The largest absolute Gasteiger partial charge is 0.394 e. The summed E-state index contributed by atoms with van der Waals surface area (Å²) in [5.41, 5.74) is 0. The molecular formula is C69H129NO10. The third-order valence-electron chi connectivity index (χ3n) is 16.3. The van der Waals surface area contributed by atoms with Gasteiger partial charge < -0.3 is 50.5 Å². The normalized spacial score (nSPS) is 19.5. The van der Waals surface area contributed by atoms with Crippen molar-refractivity contribution in [1.82, 2.24) is 5.32 Å². The number of hydrogen-bond donors (Lipinski definition) is 8. The fourth-order valence-corrected chi connectivity index (χ4v) is 10.8. The molecule has 8 N–H and O–H groups in total. The molecule has 0 aromatic heterocycles. The minimum absolute atomic E-state index is 0.239. The van der Waals surface area contributed by atoms with Crippen LogP contribution in [0.2, 0.25) is 0 Å². The molecule has 0 bridgehead atoms. The summed E-state index contributed by atoms with van der Waals surface area (Å²) in [6.45, 7) is 3.47. The molecule has 1 saturated heterocycles. The smallest absolute Gasteiger partial charge is 0.249 e.